The van der Waals surface area contributed by atoms with Gasteiger partial charge in [-0.05, 0) is 43.0 Å². The number of rotatable bonds is 20. The molecule has 11 heteroatoms. The van der Waals surface area contributed by atoms with Crippen molar-refractivity contribution in [2.75, 3.05) is 26.4 Å². The SMILES string of the molecule is C=CCCCCCCCCCOC(=O)[C@H](CO)NC(=O)CNC(=O)[C@H](CO)NC(=O)/C=C/c1ccc(F)cc1. The summed E-state index contributed by atoms with van der Waals surface area (Å²) in [5.41, 5.74) is 0.552. The van der Waals surface area contributed by atoms with Gasteiger partial charge in [-0.3, -0.25) is 14.4 Å². The van der Waals surface area contributed by atoms with Gasteiger partial charge in [0.25, 0.3) is 0 Å². The van der Waals surface area contributed by atoms with Gasteiger partial charge in [-0.25, -0.2) is 9.18 Å². The number of benzene rings is 1. The van der Waals surface area contributed by atoms with Crippen LogP contribution in [0.15, 0.2) is 43.0 Å². The number of allylic oxidation sites excluding steroid dienone is 1. The van der Waals surface area contributed by atoms with Gasteiger partial charge in [0.2, 0.25) is 17.7 Å². The molecule has 0 radical (unpaired) electrons. The van der Waals surface area contributed by atoms with E-state index in [9.17, 15) is 33.8 Å². The molecule has 0 bridgehead atoms. The van der Waals surface area contributed by atoms with E-state index in [4.69, 9.17) is 4.74 Å². The zero-order valence-electron chi connectivity index (χ0n) is 22.2. The lowest BCUT2D eigenvalue weighted by molar-refractivity contribution is -0.149. The third kappa shape index (κ3) is 15.4. The van der Waals surface area contributed by atoms with Crippen molar-refractivity contribution in [1.82, 2.24) is 16.0 Å². The topological polar surface area (TPSA) is 154 Å². The number of aliphatic hydroxyl groups excluding tert-OH is 2. The fourth-order valence-electron chi connectivity index (χ4n) is 3.42. The van der Waals surface area contributed by atoms with Gasteiger partial charge in [0.1, 0.15) is 11.9 Å². The molecular formula is C28H40FN3O7. The van der Waals surface area contributed by atoms with Crippen LogP contribution in [0.5, 0.6) is 0 Å². The maximum Gasteiger partial charge on any atom is 0.331 e. The van der Waals surface area contributed by atoms with E-state index >= 15 is 0 Å². The van der Waals surface area contributed by atoms with Gasteiger partial charge in [-0.15, -0.1) is 6.58 Å². The molecule has 1 rings (SSSR count). The highest BCUT2D eigenvalue weighted by molar-refractivity contribution is 5.96. The molecule has 0 saturated carbocycles. The number of halogens is 1. The lowest BCUT2D eigenvalue weighted by Crippen LogP contribution is -2.52. The molecular weight excluding hydrogens is 509 g/mol. The summed E-state index contributed by atoms with van der Waals surface area (Å²) in [7, 11) is 0. The van der Waals surface area contributed by atoms with Crippen molar-refractivity contribution in [3.63, 3.8) is 0 Å². The van der Waals surface area contributed by atoms with Crippen molar-refractivity contribution in [3.05, 3.63) is 54.4 Å². The van der Waals surface area contributed by atoms with Gasteiger partial charge in [-0.2, -0.15) is 0 Å². The molecule has 1 aromatic carbocycles. The molecule has 0 aliphatic heterocycles. The minimum absolute atomic E-state index is 0.173. The summed E-state index contributed by atoms with van der Waals surface area (Å²) >= 11 is 0. The maximum absolute atomic E-state index is 12.9. The van der Waals surface area contributed by atoms with E-state index in [1.54, 1.807) is 0 Å². The van der Waals surface area contributed by atoms with Gasteiger partial charge in [0.15, 0.2) is 6.04 Å². The van der Waals surface area contributed by atoms with Crippen molar-refractivity contribution in [1.29, 1.82) is 0 Å². The molecule has 0 fully saturated rings. The van der Waals surface area contributed by atoms with Crippen LogP contribution in [0, 0.1) is 5.82 Å². The van der Waals surface area contributed by atoms with Crippen molar-refractivity contribution in [2.45, 2.75) is 63.5 Å². The zero-order chi connectivity index (χ0) is 28.9. The number of hydrogen-bond acceptors (Lipinski definition) is 7. The van der Waals surface area contributed by atoms with Crippen molar-refractivity contribution in [3.8, 4) is 0 Å². The number of carbonyl (C=O) groups excluding carboxylic acids is 4. The monoisotopic (exact) mass is 549 g/mol. The van der Waals surface area contributed by atoms with E-state index in [0.717, 1.165) is 44.6 Å². The standard InChI is InChI=1S/C28H40FN3O7/c1-2-3-4-5-6-7-8-9-10-17-39-28(38)24(20-34)32-26(36)18-30-27(37)23(19-33)31-25(35)16-13-21-11-14-22(29)15-12-21/h2,11-16,23-24,33-34H,1,3-10,17-20H2,(H,30,37)(H,31,35)(H,32,36)/b16-13+/t23-,24-/m0/s1. The second-order valence-corrected chi connectivity index (χ2v) is 8.87. The summed E-state index contributed by atoms with van der Waals surface area (Å²) in [5, 5.41) is 25.7. The molecule has 10 nitrogen and oxygen atoms in total. The lowest BCUT2D eigenvalue weighted by Gasteiger charge is -2.17. The Kier molecular flexibility index (Phi) is 17.5. The molecule has 0 saturated heterocycles. The molecule has 1 aromatic rings. The number of carbonyl (C=O) groups is 4. The average Bonchev–Trinajstić information content (AvgIpc) is 2.93. The van der Waals surface area contributed by atoms with Crippen LogP contribution in [0.25, 0.3) is 6.08 Å². The van der Waals surface area contributed by atoms with E-state index in [1.807, 2.05) is 6.08 Å². The summed E-state index contributed by atoms with van der Waals surface area (Å²) in [5.74, 6) is -3.50. The Morgan fingerprint density at radius 2 is 1.51 bits per heavy atom. The van der Waals surface area contributed by atoms with Gasteiger partial charge in [0, 0.05) is 6.08 Å². The number of aliphatic hydroxyl groups is 2. The van der Waals surface area contributed by atoms with Crippen LogP contribution in [-0.4, -0.2) is 72.4 Å². The maximum atomic E-state index is 12.9. The number of unbranched alkanes of at least 4 members (excludes halogenated alkanes) is 7. The first-order chi connectivity index (χ1) is 18.8. The molecule has 39 heavy (non-hydrogen) atoms. The fourth-order valence-corrected chi connectivity index (χ4v) is 3.42. The minimum atomic E-state index is -1.34. The summed E-state index contributed by atoms with van der Waals surface area (Å²) in [6, 6.07) is 2.74. The highest BCUT2D eigenvalue weighted by atomic mass is 19.1. The van der Waals surface area contributed by atoms with Crippen LogP contribution in [0.4, 0.5) is 4.39 Å². The number of ether oxygens (including phenoxy) is 1. The number of nitrogens with one attached hydrogen (secondary N) is 3. The molecule has 3 amide bonds. The van der Waals surface area contributed by atoms with Crippen LogP contribution < -0.4 is 16.0 Å². The summed E-state index contributed by atoms with van der Waals surface area (Å²) in [6.45, 7) is 1.90. The Morgan fingerprint density at radius 1 is 0.897 bits per heavy atom. The van der Waals surface area contributed by atoms with Crippen LogP contribution in [-0.2, 0) is 23.9 Å². The predicted molar refractivity (Wildman–Crippen MR) is 145 cm³/mol. The molecule has 0 spiro atoms. The molecule has 0 aliphatic rings. The predicted octanol–water partition coefficient (Wildman–Crippen LogP) is 1.76. The van der Waals surface area contributed by atoms with E-state index < -0.39 is 61.4 Å². The molecule has 5 N–H and O–H groups in total. The number of esters is 1. The third-order valence-electron chi connectivity index (χ3n) is 5.64. The number of amides is 3. The van der Waals surface area contributed by atoms with Gasteiger partial charge >= 0.3 is 5.97 Å². The number of hydrogen-bond donors (Lipinski definition) is 5. The second-order valence-electron chi connectivity index (χ2n) is 8.87. The molecule has 0 unspecified atom stereocenters. The smallest absolute Gasteiger partial charge is 0.331 e. The van der Waals surface area contributed by atoms with Crippen LogP contribution in [0.2, 0.25) is 0 Å². The Labute approximate surface area is 228 Å². The Bertz CT molecular complexity index is 938. The molecule has 216 valence electrons. The van der Waals surface area contributed by atoms with Crippen LogP contribution >= 0.6 is 0 Å². The first kappa shape index (κ1) is 33.5. The minimum Gasteiger partial charge on any atom is -0.464 e. The first-order valence-electron chi connectivity index (χ1n) is 13.1. The summed E-state index contributed by atoms with van der Waals surface area (Å²) in [6.07, 6.45) is 12.7. The van der Waals surface area contributed by atoms with Crippen LogP contribution in [0.3, 0.4) is 0 Å². The largest absolute Gasteiger partial charge is 0.464 e. The normalized spacial score (nSPS) is 12.4. The third-order valence-corrected chi connectivity index (χ3v) is 5.64. The lowest BCUT2D eigenvalue weighted by atomic mass is 10.1. The Hall–Kier alpha value is -3.57. The van der Waals surface area contributed by atoms with Gasteiger partial charge in [-0.1, -0.05) is 50.3 Å². The quantitative estimate of drug-likeness (QED) is 0.0719. The van der Waals surface area contributed by atoms with E-state index in [2.05, 4.69) is 22.5 Å². The first-order valence-corrected chi connectivity index (χ1v) is 13.1. The summed E-state index contributed by atoms with van der Waals surface area (Å²) < 4.78 is 18.1. The highest BCUT2D eigenvalue weighted by Crippen LogP contribution is 2.09. The van der Waals surface area contributed by atoms with Crippen LogP contribution in [0.1, 0.15) is 56.9 Å². The molecule has 2 atom stereocenters. The molecule has 0 heterocycles. The van der Waals surface area contributed by atoms with Crippen molar-refractivity contribution >= 4 is 29.8 Å². The van der Waals surface area contributed by atoms with E-state index in [0.29, 0.717) is 12.0 Å². The van der Waals surface area contributed by atoms with Gasteiger partial charge in [0.05, 0.1) is 26.4 Å². The molecule has 0 aromatic heterocycles. The average molecular weight is 550 g/mol. The molecule has 0 aliphatic carbocycles. The fraction of sp³-hybridized carbons (Fsp3) is 0.500. The second kappa shape index (κ2) is 20.4. The van der Waals surface area contributed by atoms with E-state index in [1.165, 1.54) is 36.8 Å². The van der Waals surface area contributed by atoms with Crippen molar-refractivity contribution < 1.29 is 38.5 Å². The Morgan fingerprint density at radius 3 is 2.13 bits per heavy atom. The summed E-state index contributed by atoms with van der Waals surface area (Å²) in [4.78, 5) is 48.6. The highest BCUT2D eigenvalue weighted by Gasteiger charge is 2.23. The Balaban J connectivity index is 2.31. The van der Waals surface area contributed by atoms with E-state index in [-0.39, 0.29) is 6.61 Å². The van der Waals surface area contributed by atoms with Gasteiger partial charge < -0.3 is 30.9 Å². The zero-order valence-corrected chi connectivity index (χ0v) is 22.2. The van der Waals surface area contributed by atoms with Crippen molar-refractivity contribution in [2.24, 2.45) is 0 Å².